The highest BCUT2D eigenvalue weighted by atomic mass is 16.2. The van der Waals surface area contributed by atoms with Gasteiger partial charge in [0.1, 0.15) is 5.84 Å². The summed E-state index contributed by atoms with van der Waals surface area (Å²) in [7, 11) is 3.58. The van der Waals surface area contributed by atoms with Crippen molar-refractivity contribution in [1.82, 2.24) is 9.80 Å². The molecule has 0 bridgehead atoms. The molecule has 0 aromatic carbocycles. The van der Waals surface area contributed by atoms with Crippen molar-refractivity contribution in [3.05, 3.63) is 0 Å². The minimum absolute atomic E-state index is 0.0300. The Morgan fingerprint density at radius 2 is 2.08 bits per heavy atom. The van der Waals surface area contributed by atoms with E-state index in [2.05, 4.69) is 11.9 Å². The number of urea groups is 1. The smallest absolute Gasteiger partial charge is 0.317 e. The molecule has 0 aromatic heterocycles. The van der Waals surface area contributed by atoms with Gasteiger partial charge in [0, 0.05) is 20.6 Å². The Balaban J connectivity index is 2.81. The molecule has 1 heterocycles. The predicted molar refractivity (Wildman–Crippen MR) is 53.0 cm³/mol. The molecule has 1 atom stereocenters. The Morgan fingerprint density at radius 3 is 2.46 bits per heavy atom. The third-order valence-corrected chi connectivity index (χ3v) is 2.38. The van der Waals surface area contributed by atoms with Crippen molar-refractivity contribution in [3.8, 4) is 0 Å². The molecular weight excluding hydrogens is 166 g/mol. The number of hydrogen-bond acceptors (Lipinski definition) is 2. The largest absolute Gasteiger partial charge is 0.325 e. The van der Waals surface area contributed by atoms with E-state index in [-0.39, 0.29) is 12.1 Å². The molecule has 1 rings (SSSR count). The van der Waals surface area contributed by atoms with Gasteiger partial charge in [-0.2, -0.15) is 0 Å². The number of hydrogen-bond donors (Lipinski definition) is 0. The Kier molecular flexibility index (Phi) is 2.90. The van der Waals surface area contributed by atoms with Crippen LogP contribution < -0.4 is 0 Å². The van der Waals surface area contributed by atoms with Gasteiger partial charge in [0.25, 0.3) is 0 Å². The van der Waals surface area contributed by atoms with Crippen LogP contribution in [0.25, 0.3) is 0 Å². The second-order valence-electron chi connectivity index (χ2n) is 3.37. The zero-order valence-electron chi connectivity index (χ0n) is 8.74. The van der Waals surface area contributed by atoms with Crippen molar-refractivity contribution in [3.63, 3.8) is 0 Å². The van der Waals surface area contributed by atoms with Gasteiger partial charge in [-0.15, -0.1) is 0 Å². The molecule has 4 heteroatoms. The average molecular weight is 183 g/mol. The zero-order chi connectivity index (χ0) is 10.0. The van der Waals surface area contributed by atoms with Gasteiger partial charge in [0.15, 0.2) is 0 Å². The van der Waals surface area contributed by atoms with E-state index in [1.165, 1.54) is 0 Å². The fourth-order valence-corrected chi connectivity index (χ4v) is 1.42. The lowest BCUT2D eigenvalue weighted by Gasteiger charge is -2.11. The van der Waals surface area contributed by atoms with Crippen LogP contribution in [-0.2, 0) is 0 Å². The zero-order valence-corrected chi connectivity index (χ0v) is 8.74. The van der Waals surface area contributed by atoms with E-state index < -0.39 is 0 Å². The van der Waals surface area contributed by atoms with Crippen molar-refractivity contribution >= 4 is 11.9 Å². The molecule has 2 amide bonds. The molecule has 0 N–H and O–H groups in total. The molecule has 0 radical (unpaired) electrons. The number of nitrogens with zero attached hydrogens (tertiary/aromatic N) is 3. The molecule has 0 aromatic rings. The van der Waals surface area contributed by atoms with Gasteiger partial charge in [-0.25, -0.2) is 4.79 Å². The Labute approximate surface area is 79.2 Å². The molecule has 0 saturated carbocycles. The molecular formula is C9H17N3O. The van der Waals surface area contributed by atoms with Crippen LogP contribution >= 0.6 is 0 Å². The van der Waals surface area contributed by atoms with Crippen molar-refractivity contribution in [2.45, 2.75) is 26.3 Å². The predicted octanol–water partition coefficient (Wildman–Crippen LogP) is 1.18. The van der Waals surface area contributed by atoms with Crippen molar-refractivity contribution in [2.24, 2.45) is 4.99 Å². The lowest BCUT2D eigenvalue weighted by atomic mass is 10.3. The number of amides is 2. The number of amidine groups is 1. The van der Waals surface area contributed by atoms with Gasteiger partial charge >= 0.3 is 6.03 Å². The normalized spacial score (nSPS) is 26.3. The Hall–Kier alpha value is -1.06. The minimum atomic E-state index is 0.0300. The molecule has 0 spiro atoms. The monoisotopic (exact) mass is 183 g/mol. The van der Waals surface area contributed by atoms with E-state index in [9.17, 15) is 4.79 Å². The number of rotatable bonds is 2. The molecule has 4 nitrogen and oxygen atoms in total. The maximum Gasteiger partial charge on any atom is 0.325 e. The van der Waals surface area contributed by atoms with Crippen LogP contribution in [0.3, 0.4) is 0 Å². The van der Waals surface area contributed by atoms with E-state index in [0.717, 1.165) is 18.8 Å². The molecule has 1 fully saturated rings. The highest BCUT2D eigenvalue weighted by Gasteiger charge is 2.35. The highest BCUT2D eigenvalue weighted by Crippen LogP contribution is 2.14. The van der Waals surface area contributed by atoms with Gasteiger partial charge in [-0.3, -0.25) is 9.89 Å². The molecule has 1 aliphatic rings. The summed E-state index contributed by atoms with van der Waals surface area (Å²) in [5.74, 6) is 0.884. The first-order chi connectivity index (χ1) is 6.09. The number of aliphatic imine (C=N–C) groups is 1. The molecule has 1 aliphatic heterocycles. The van der Waals surface area contributed by atoms with E-state index in [4.69, 9.17) is 0 Å². The van der Waals surface area contributed by atoms with E-state index in [1.54, 1.807) is 23.9 Å². The van der Waals surface area contributed by atoms with Crippen molar-refractivity contribution < 1.29 is 4.79 Å². The lowest BCUT2D eigenvalue weighted by molar-refractivity contribution is 0.203. The van der Waals surface area contributed by atoms with Crippen LogP contribution in [0.2, 0.25) is 0 Å². The summed E-state index contributed by atoms with van der Waals surface area (Å²) in [6, 6.07) is 0.145. The minimum Gasteiger partial charge on any atom is -0.317 e. The number of carbonyl (C=O) groups is 1. The lowest BCUT2D eigenvalue weighted by Crippen LogP contribution is -2.28. The number of likely N-dealkylation sites (N-methyl/N-ethyl adjacent to an activating group) is 2. The topological polar surface area (TPSA) is 35.9 Å². The molecule has 13 heavy (non-hydrogen) atoms. The quantitative estimate of drug-likeness (QED) is 0.633. The van der Waals surface area contributed by atoms with Crippen LogP contribution in [0.1, 0.15) is 20.3 Å². The van der Waals surface area contributed by atoms with Gasteiger partial charge in [0.2, 0.25) is 0 Å². The summed E-state index contributed by atoms with van der Waals surface area (Å²) in [5.41, 5.74) is 0. The average Bonchev–Trinajstić information content (AvgIpc) is 2.30. The van der Waals surface area contributed by atoms with Crippen LogP contribution in [0.4, 0.5) is 4.79 Å². The Morgan fingerprint density at radius 1 is 1.46 bits per heavy atom. The Bertz CT molecular complexity index is 237. The van der Waals surface area contributed by atoms with Crippen LogP contribution in [0, 0.1) is 0 Å². The summed E-state index contributed by atoms with van der Waals surface area (Å²) in [6.07, 6.45) is 1.02. The van der Waals surface area contributed by atoms with Crippen LogP contribution in [0.15, 0.2) is 4.99 Å². The highest BCUT2D eigenvalue weighted by molar-refractivity contribution is 6.06. The standard InChI is InChI=1S/C9H17N3O/c1-5-6-10-8-7(2)11(3)9(13)12(8)4/h7H,5-6H2,1-4H3. The molecule has 1 saturated heterocycles. The van der Waals surface area contributed by atoms with E-state index in [1.807, 2.05) is 6.92 Å². The first-order valence-corrected chi connectivity index (χ1v) is 4.64. The number of carbonyl (C=O) groups excluding carboxylic acids is 1. The fraction of sp³-hybridized carbons (Fsp3) is 0.778. The summed E-state index contributed by atoms with van der Waals surface area (Å²) in [4.78, 5) is 19.2. The summed E-state index contributed by atoms with van der Waals surface area (Å²) in [6.45, 7) is 4.87. The van der Waals surface area contributed by atoms with Gasteiger partial charge in [-0.1, -0.05) is 6.92 Å². The van der Waals surface area contributed by atoms with Crippen LogP contribution in [0.5, 0.6) is 0 Å². The van der Waals surface area contributed by atoms with Crippen molar-refractivity contribution in [2.75, 3.05) is 20.6 Å². The molecule has 0 aliphatic carbocycles. The second-order valence-corrected chi connectivity index (χ2v) is 3.37. The first kappa shape index (κ1) is 10.0. The van der Waals surface area contributed by atoms with Gasteiger partial charge < -0.3 is 4.90 Å². The van der Waals surface area contributed by atoms with Gasteiger partial charge in [0.05, 0.1) is 6.04 Å². The van der Waals surface area contributed by atoms with Crippen molar-refractivity contribution in [1.29, 1.82) is 0 Å². The van der Waals surface area contributed by atoms with Gasteiger partial charge in [-0.05, 0) is 13.3 Å². The van der Waals surface area contributed by atoms with E-state index in [0.29, 0.717) is 0 Å². The molecule has 74 valence electrons. The van der Waals surface area contributed by atoms with Crippen LogP contribution in [-0.4, -0.2) is 48.3 Å². The molecule has 1 unspecified atom stereocenters. The summed E-state index contributed by atoms with van der Waals surface area (Å²) >= 11 is 0. The SMILES string of the molecule is CCCN=C1C(C)N(C)C(=O)N1C. The maximum atomic E-state index is 11.5. The summed E-state index contributed by atoms with van der Waals surface area (Å²) < 4.78 is 0. The third-order valence-electron chi connectivity index (χ3n) is 2.38. The third kappa shape index (κ3) is 1.66. The first-order valence-electron chi connectivity index (χ1n) is 4.64. The van der Waals surface area contributed by atoms with E-state index >= 15 is 0 Å². The second kappa shape index (κ2) is 3.77. The fourth-order valence-electron chi connectivity index (χ4n) is 1.42. The maximum absolute atomic E-state index is 11.5. The summed E-state index contributed by atoms with van der Waals surface area (Å²) in [5, 5.41) is 0.